The van der Waals surface area contributed by atoms with Gasteiger partial charge in [-0.1, -0.05) is 44.7 Å². The lowest BCUT2D eigenvalue weighted by Gasteiger charge is -2.07. The fourth-order valence-electron chi connectivity index (χ4n) is 3.43. The van der Waals surface area contributed by atoms with Crippen molar-refractivity contribution in [3.8, 4) is 11.5 Å². The molecule has 0 aliphatic rings. The zero-order valence-corrected chi connectivity index (χ0v) is 19.7. The van der Waals surface area contributed by atoms with Crippen molar-refractivity contribution in [3.05, 3.63) is 94.8 Å². The molecule has 0 spiro atoms. The summed E-state index contributed by atoms with van der Waals surface area (Å²) in [4.78, 5) is 24.4. The molecule has 3 aromatic rings. The quantitative estimate of drug-likeness (QED) is 0.116. The molecule has 7 heteroatoms. The first-order valence-electron chi connectivity index (χ1n) is 11.7. The summed E-state index contributed by atoms with van der Waals surface area (Å²) in [5, 5.41) is 14.0. The van der Waals surface area contributed by atoms with Crippen molar-refractivity contribution < 1.29 is 23.8 Å². The van der Waals surface area contributed by atoms with Gasteiger partial charge in [0.15, 0.2) is 0 Å². The number of hydrogen-bond donors (Lipinski definition) is 2. The number of benzene rings is 3. The minimum atomic E-state index is -0.521. The smallest absolute Gasteiger partial charge is 0.343 e. The van der Waals surface area contributed by atoms with Gasteiger partial charge in [-0.05, 0) is 66.9 Å². The van der Waals surface area contributed by atoms with E-state index in [2.05, 4.69) is 17.5 Å². The number of carbonyl (C=O) groups is 2. The highest BCUT2D eigenvalue weighted by molar-refractivity contribution is 5.95. The maximum Gasteiger partial charge on any atom is 0.343 e. The zero-order valence-electron chi connectivity index (χ0n) is 19.7. The molecule has 0 saturated heterocycles. The molecule has 3 rings (SSSR count). The fourth-order valence-corrected chi connectivity index (χ4v) is 3.43. The first kappa shape index (κ1) is 25.6. The van der Waals surface area contributed by atoms with E-state index in [1.165, 1.54) is 79.9 Å². The summed E-state index contributed by atoms with van der Waals surface area (Å²) in [5.41, 5.74) is 4.47. The Bertz CT molecular complexity index is 1160. The molecule has 0 unspecified atom stereocenters. The van der Waals surface area contributed by atoms with Crippen LogP contribution in [0.2, 0.25) is 0 Å². The third-order valence-corrected chi connectivity index (χ3v) is 5.45. The van der Waals surface area contributed by atoms with Crippen LogP contribution in [0.1, 0.15) is 70.9 Å². The van der Waals surface area contributed by atoms with Crippen LogP contribution in [0.5, 0.6) is 11.5 Å². The Kier molecular flexibility index (Phi) is 9.54. The Morgan fingerprint density at radius 1 is 0.943 bits per heavy atom. The number of unbranched alkanes of at least 4 members (excludes halogenated alkanes) is 4. The summed E-state index contributed by atoms with van der Waals surface area (Å²) in [6.45, 7) is 2.20. The summed E-state index contributed by atoms with van der Waals surface area (Å²) < 4.78 is 18.3. The molecule has 182 valence electrons. The van der Waals surface area contributed by atoms with Crippen LogP contribution in [0, 0.1) is 5.82 Å². The van der Waals surface area contributed by atoms with Gasteiger partial charge in [-0.25, -0.2) is 14.6 Å². The number of nitrogens with zero attached hydrogens (tertiary/aromatic N) is 1. The van der Waals surface area contributed by atoms with Crippen LogP contribution >= 0.6 is 0 Å². The first-order valence-corrected chi connectivity index (χ1v) is 11.7. The minimum Gasteiger partial charge on any atom is -0.507 e. The van der Waals surface area contributed by atoms with E-state index in [1.54, 1.807) is 12.1 Å². The number of aryl methyl sites for hydroxylation is 1. The second kappa shape index (κ2) is 13.0. The third kappa shape index (κ3) is 8.07. The lowest BCUT2D eigenvalue weighted by atomic mass is 10.0. The summed E-state index contributed by atoms with van der Waals surface area (Å²) in [7, 11) is 0. The van der Waals surface area contributed by atoms with Crippen molar-refractivity contribution >= 4 is 18.1 Å². The van der Waals surface area contributed by atoms with Gasteiger partial charge in [0, 0.05) is 17.2 Å². The van der Waals surface area contributed by atoms with Crippen molar-refractivity contribution in [2.75, 3.05) is 0 Å². The Balaban J connectivity index is 1.51. The van der Waals surface area contributed by atoms with E-state index in [0.717, 1.165) is 12.8 Å². The molecule has 0 saturated carbocycles. The van der Waals surface area contributed by atoms with Gasteiger partial charge in [-0.2, -0.15) is 5.10 Å². The lowest BCUT2D eigenvalue weighted by Crippen LogP contribution is -2.17. The number of hydrogen-bond acceptors (Lipinski definition) is 5. The molecule has 0 atom stereocenters. The first-order chi connectivity index (χ1) is 17.0. The molecular weight excluding hydrogens is 447 g/mol. The number of hydrazone groups is 1. The van der Waals surface area contributed by atoms with Crippen molar-refractivity contribution in [2.24, 2.45) is 5.10 Å². The maximum absolute atomic E-state index is 12.9. The monoisotopic (exact) mass is 476 g/mol. The van der Waals surface area contributed by atoms with Crippen LogP contribution in [-0.2, 0) is 6.42 Å². The standard InChI is InChI=1S/C28H29FN2O4/c1-2-3-4-5-6-7-20-8-10-22(11-9-20)28(34)35-25-17-14-23(26(32)18-25)19-30-31-27(33)21-12-15-24(29)16-13-21/h8-19,32H,2-7H2,1H3,(H,31,33)/b30-19+. The number of esters is 1. The van der Waals surface area contributed by atoms with Crippen LogP contribution in [0.15, 0.2) is 71.8 Å². The Hall–Kier alpha value is -4.00. The van der Waals surface area contributed by atoms with E-state index < -0.39 is 17.7 Å². The fraction of sp³-hybridized carbons (Fsp3) is 0.250. The average molecular weight is 477 g/mol. The molecule has 6 nitrogen and oxygen atoms in total. The topological polar surface area (TPSA) is 88.0 Å². The summed E-state index contributed by atoms with van der Waals surface area (Å²) >= 11 is 0. The molecule has 0 fully saturated rings. The second-order valence-electron chi connectivity index (χ2n) is 8.18. The molecule has 0 aromatic heterocycles. The molecule has 0 heterocycles. The highest BCUT2D eigenvalue weighted by Gasteiger charge is 2.11. The van der Waals surface area contributed by atoms with Crippen LogP contribution in [0.3, 0.4) is 0 Å². The largest absolute Gasteiger partial charge is 0.507 e. The average Bonchev–Trinajstić information content (AvgIpc) is 2.86. The van der Waals surface area contributed by atoms with Gasteiger partial charge in [0.2, 0.25) is 0 Å². The third-order valence-electron chi connectivity index (χ3n) is 5.45. The summed E-state index contributed by atoms with van der Waals surface area (Å²) in [6, 6.07) is 16.7. The zero-order chi connectivity index (χ0) is 25.0. The molecule has 2 N–H and O–H groups in total. The molecule has 0 radical (unpaired) electrons. The molecule has 0 bridgehead atoms. The molecule has 3 aromatic carbocycles. The highest BCUT2D eigenvalue weighted by atomic mass is 19.1. The molecule has 0 aliphatic heterocycles. The predicted molar refractivity (Wildman–Crippen MR) is 133 cm³/mol. The molecular formula is C28H29FN2O4. The van der Waals surface area contributed by atoms with Gasteiger partial charge < -0.3 is 9.84 Å². The van der Waals surface area contributed by atoms with Gasteiger partial charge in [0.05, 0.1) is 11.8 Å². The number of carbonyl (C=O) groups excluding carboxylic acids is 2. The normalized spacial score (nSPS) is 10.9. The Labute approximate surface area is 204 Å². The van der Waals surface area contributed by atoms with Gasteiger partial charge >= 0.3 is 5.97 Å². The van der Waals surface area contributed by atoms with Crippen LogP contribution in [-0.4, -0.2) is 23.2 Å². The highest BCUT2D eigenvalue weighted by Crippen LogP contribution is 2.23. The van der Waals surface area contributed by atoms with Crippen LogP contribution < -0.4 is 10.2 Å². The molecule has 0 aliphatic carbocycles. The number of ether oxygens (including phenoxy) is 1. The van der Waals surface area contributed by atoms with Gasteiger partial charge in [-0.3, -0.25) is 4.79 Å². The Morgan fingerprint density at radius 3 is 2.31 bits per heavy atom. The van der Waals surface area contributed by atoms with Crippen LogP contribution in [0.4, 0.5) is 4.39 Å². The number of halogens is 1. The number of amides is 1. The number of nitrogens with one attached hydrogen (secondary N) is 1. The molecule has 35 heavy (non-hydrogen) atoms. The summed E-state index contributed by atoms with van der Waals surface area (Å²) in [6.07, 6.45) is 8.33. The van der Waals surface area contributed by atoms with E-state index in [1.807, 2.05) is 12.1 Å². The van der Waals surface area contributed by atoms with Crippen molar-refractivity contribution in [1.29, 1.82) is 0 Å². The van der Waals surface area contributed by atoms with Crippen molar-refractivity contribution in [2.45, 2.75) is 45.4 Å². The second-order valence-corrected chi connectivity index (χ2v) is 8.18. The number of aromatic hydroxyl groups is 1. The van der Waals surface area contributed by atoms with E-state index in [-0.39, 0.29) is 17.1 Å². The number of phenols is 1. The van der Waals surface area contributed by atoms with Gasteiger partial charge in [0.25, 0.3) is 5.91 Å². The van der Waals surface area contributed by atoms with Crippen molar-refractivity contribution in [3.63, 3.8) is 0 Å². The summed E-state index contributed by atoms with van der Waals surface area (Å²) in [5.74, 6) is -1.48. The van der Waals surface area contributed by atoms with Crippen molar-refractivity contribution in [1.82, 2.24) is 5.43 Å². The Morgan fingerprint density at radius 2 is 1.63 bits per heavy atom. The maximum atomic E-state index is 12.9. The van der Waals surface area contributed by atoms with E-state index >= 15 is 0 Å². The number of rotatable bonds is 11. The molecule has 1 amide bonds. The van der Waals surface area contributed by atoms with E-state index in [9.17, 15) is 19.1 Å². The lowest BCUT2D eigenvalue weighted by molar-refractivity contribution is 0.0734. The minimum absolute atomic E-state index is 0.173. The predicted octanol–water partition coefficient (Wildman–Crippen LogP) is 6.03. The van der Waals surface area contributed by atoms with Crippen LogP contribution in [0.25, 0.3) is 0 Å². The van der Waals surface area contributed by atoms with E-state index in [0.29, 0.717) is 11.1 Å². The van der Waals surface area contributed by atoms with E-state index in [4.69, 9.17) is 4.74 Å². The van der Waals surface area contributed by atoms with Gasteiger partial charge in [0.1, 0.15) is 17.3 Å². The SMILES string of the molecule is CCCCCCCc1ccc(C(=O)Oc2ccc(/C=N/NC(=O)c3ccc(F)cc3)c(O)c2)cc1. The van der Waals surface area contributed by atoms with Gasteiger partial charge in [-0.15, -0.1) is 0 Å². The number of phenolic OH excluding ortho intramolecular Hbond substituents is 1.